The second kappa shape index (κ2) is 8.46. The van der Waals surface area contributed by atoms with Crippen LogP contribution in [-0.4, -0.2) is 28.3 Å². The fraction of sp³-hybridized carbons (Fsp3) is 0.222. The van der Waals surface area contributed by atoms with E-state index in [-0.39, 0.29) is 11.3 Å². The molecule has 0 aliphatic heterocycles. The number of sulfonamides is 1. The summed E-state index contributed by atoms with van der Waals surface area (Å²) in [6.07, 6.45) is 5.55. The van der Waals surface area contributed by atoms with Gasteiger partial charge in [0.2, 0.25) is 10.0 Å². The molecule has 0 saturated heterocycles. The van der Waals surface area contributed by atoms with Crippen LogP contribution < -0.4 is 10.3 Å². The zero-order valence-electron chi connectivity index (χ0n) is 20.2. The van der Waals surface area contributed by atoms with Crippen molar-refractivity contribution in [3.63, 3.8) is 0 Å². The van der Waals surface area contributed by atoms with Crippen LogP contribution in [0.1, 0.15) is 23.6 Å². The van der Waals surface area contributed by atoms with E-state index < -0.39 is 10.0 Å². The molecule has 0 aliphatic carbocycles. The summed E-state index contributed by atoms with van der Waals surface area (Å²) in [5.74, 6) is -0.0223. The number of aromatic amines is 1. The monoisotopic (exact) mass is 488 g/mol. The first kappa shape index (κ1) is 23.0. The highest BCUT2D eigenvalue weighted by atomic mass is 32.2. The molecule has 2 N–H and O–H groups in total. The second-order valence-electron chi connectivity index (χ2n) is 9.00. The summed E-state index contributed by atoms with van der Waals surface area (Å²) in [4.78, 5) is 15.2. The molecule has 5 aromatic rings. The van der Waals surface area contributed by atoms with Crippen LogP contribution in [0.25, 0.3) is 32.9 Å². The lowest BCUT2D eigenvalue weighted by atomic mass is 10.0. The standard InChI is InChI=1S/C27H28N4O3S/c1-5-35(33,34)29-24-13-19(23-15-30(4)26-20(23)9-11-28-27(26)32)14-25-21(24)10-12-31(25)16-22-17(2)7-6-8-18(22)3/h6-15,29H,5,16H2,1-4H3,(H,28,32). The highest BCUT2D eigenvalue weighted by Crippen LogP contribution is 2.36. The van der Waals surface area contributed by atoms with Gasteiger partial charge in [-0.1, -0.05) is 18.2 Å². The minimum absolute atomic E-state index is 0.0223. The molecule has 0 amide bonds. The van der Waals surface area contributed by atoms with Crippen molar-refractivity contribution >= 4 is 37.5 Å². The molecular weight excluding hydrogens is 460 g/mol. The third kappa shape index (κ3) is 4.04. The molecule has 0 unspecified atom stereocenters. The van der Waals surface area contributed by atoms with Crippen molar-refractivity contribution in [1.82, 2.24) is 14.1 Å². The zero-order valence-corrected chi connectivity index (χ0v) is 21.0. The number of nitrogens with zero attached hydrogens (tertiary/aromatic N) is 2. The topological polar surface area (TPSA) is 88.9 Å². The first-order valence-corrected chi connectivity index (χ1v) is 13.2. The molecule has 2 aromatic carbocycles. The van der Waals surface area contributed by atoms with E-state index in [1.165, 1.54) is 16.7 Å². The molecule has 0 spiro atoms. The van der Waals surface area contributed by atoms with Gasteiger partial charge in [-0.3, -0.25) is 9.52 Å². The van der Waals surface area contributed by atoms with Crippen LogP contribution in [0.2, 0.25) is 0 Å². The normalized spacial score (nSPS) is 12.0. The highest BCUT2D eigenvalue weighted by molar-refractivity contribution is 7.92. The number of anilines is 1. The fourth-order valence-electron chi connectivity index (χ4n) is 4.78. The highest BCUT2D eigenvalue weighted by Gasteiger charge is 2.18. The number of nitrogens with one attached hydrogen (secondary N) is 2. The van der Waals surface area contributed by atoms with Gasteiger partial charge in [-0.25, -0.2) is 8.42 Å². The van der Waals surface area contributed by atoms with Crippen molar-refractivity contribution in [1.29, 1.82) is 0 Å². The Hall–Kier alpha value is -3.78. The predicted octanol–water partition coefficient (Wildman–Crippen LogP) is 4.92. The maximum atomic E-state index is 12.5. The summed E-state index contributed by atoms with van der Waals surface area (Å²) in [6, 6.07) is 14.0. The molecule has 0 saturated carbocycles. The van der Waals surface area contributed by atoms with Gasteiger partial charge in [0.1, 0.15) is 5.52 Å². The Labute approximate surface area is 204 Å². The maximum Gasteiger partial charge on any atom is 0.272 e. The van der Waals surface area contributed by atoms with Crippen molar-refractivity contribution in [2.45, 2.75) is 27.3 Å². The number of rotatable bonds is 6. The lowest BCUT2D eigenvalue weighted by Gasteiger charge is -2.14. The van der Waals surface area contributed by atoms with Crippen molar-refractivity contribution in [3.8, 4) is 11.1 Å². The Morgan fingerprint density at radius 1 is 1.03 bits per heavy atom. The molecule has 5 rings (SSSR count). The average Bonchev–Trinajstić information content (AvgIpc) is 3.38. The van der Waals surface area contributed by atoms with Gasteiger partial charge in [0.15, 0.2) is 0 Å². The number of pyridine rings is 1. The van der Waals surface area contributed by atoms with Gasteiger partial charge in [0, 0.05) is 48.5 Å². The third-order valence-electron chi connectivity index (χ3n) is 6.72. The fourth-order valence-corrected chi connectivity index (χ4v) is 5.43. The zero-order chi connectivity index (χ0) is 24.9. The molecule has 0 radical (unpaired) electrons. The van der Waals surface area contributed by atoms with E-state index in [1.54, 1.807) is 17.7 Å². The maximum absolute atomic E-state index is 12.5. The van der Waals surface area contributed by atoms with Crippen molar-refractivity contribution in [2.75, 3.05) is 10.5 Å². The number of fused-ring (bicyclic) bond motifs is 2. The lowest BCUT2D eigenvalue weighted by molar-refractivity contribution is 0.602. The number of aromatic nitrogens is 3. The summed E-state index contributed by atoms with van der Waals surface area (Å²) < 4.78 is 31.8. The summed E-state index contributed by atoms with van der Waals surface area (Å²) in [5, 5.41) is 1.64. The van der Waals surface area contributed by atoms with Crippen molar-refractivity contribution in [2.24, 2.45) is 7.05 Å². The second-order valence-corrected chi connectivity index (χ2v) is 11.0. The molecule has 0 fully saturated rings. The van der Waals surface area contributed by atoms with Gasteiger partial charge in [-0.2, -0.15) is 0 Å². The SMILES string of the molecule is CCS(=O)(=O)Nc1cc(-c2cn(C)c3c(=O)[nH]ccc23)cc2c1ccn2Cc1c(C)cccc1C. The molecule has 8 heteroatoms. The molecular formula is C27H28N4O3S. The number of aryl methyl sites for hydroxylation is 3. The minimum atomic E-state index is -3.49. The lowest BCUT2D eigenvalue weighted by Crippen LogP contribution is -2.14. The Kier molecular flexibility index (Phi) is 5.56. The number of H-pyrrole nitrogens is 1. The van der Waals surface area contributed by atoms with Gasteiger partial charge < -0.3 is 14.1 Å². The van der Waals surface area contributed by atoms with Crippen LogP contribution in [0.15, 0.2) is 65.8 Å². The van der Waals surface area contributed by atoms with Crippen LogP contribution in [0.5, 0.6) is 0 Å². The predicted molar refractivity (Wildman–Crippen MR) is 143 cm³/mol. The van der Waals surface area contributed by atoms with Gasteiger partial charge in [-0.05, 0) is 67.3 Å². The number of benzene rings is 2. The van der Waals surface area contributed by atoms with Gasteiger partial charge in [0.05, 0.1) is 17.0 Å². The molecule has 35 heavy (non-hydrogen) atoms. The van der Waals surface area contributed by atoms with Gasteiger partial charge >= 0.3 is 0 Å². The minimum Gasteiger partial charge on any atom is -0.345 e. The molecule has 0 aliphatic rings. The van der Waals surface area contributed by atoms with Crippen LogP contribution in [0, 0.1) is 13.8 Å². The average molecular weight is 489 g/mol. The molecule has 7 nitrogen and oxygen atoms in total. The molecule has 0 atom stereocenters. The van der Waals surface area contributed by atoms with Crippen LogP contribution in [-0.2, 0) is 23.6 Å². The van der Waals surface area contributed by atoms with Gasteiger partial charge in [-0.15, -0.1) is 0 Å². The van der Waals surface area contributed by atoms with E-state index in [4.69, 9.17) is 0 Å². The first-order chi connectivity index (χ1) is 16.7. The first-order valence-electron chi connectivity index (χ1n) is 11.5. The van der Waals surface area contributed by atoms with Crippen molar-refractivity contribution in [3.05, 3.63) is 88.1 Å². The smallest absolute Gasteiger partial charge is 0.272 e. The number of hydrogen-bond acceptors (Lipinski definition) is 3. The molecule has 3 aromatic heterocycles. The largest absolute Gasteiger partial charge is 0.345 e. The summed E-state index contributed by atoms with van der Waals surface area (Å²) in [5.41, 5.74) is 7.22. The summed E-state index contributed by atoms with van der Waals surface area (Å²) >= 11 is 0. The van der Waals surface area contributed by atoms with E-state index in [9.17, 15) is 13.2 Å². The third-order valence-corrected chi connectivity index (χ3v) is 8.01. The van der Waals surface area contributed by atoms with Crippen LogP contribution in [0.4, 0.5) is 5.69 Å². The number of hydrogen-bond donors (Lipinski definition) is 2. The van der Waals surface area contributed by atoms with E-state index in [1.807, 2.05) is 37.6 Å². The Balaban J connectivity index is 1.76. The van der Waals surface area contributed by atoms with E-state index in [0.717, 1.165) is 27.4 Å². The quantitative estimate of drug-likeness (QED) is 0.356. The van der Waals surface area contributed by atoms with Gasteiger partial charge in [0.25, 0.3) is 5.56 Å². The van der Waals surface area contributed by atoms with Crippen LogP contribution >= 0.6 is 0 Å². The Morgan fingerprint density at radius 3 is 2.49 bits per heavy atom. The molecule has 3 heterocycles. The van der Waals surface area contributed by atoms with Crippen LogP contribution in [0.3, 0.4) is 0 Å². The Morgan fingerprint density at radius 2 is 1.77 bits per heavy atom. The molecule has 0 bridgehead atoms. The molecule has 180 valence electrons. The van der Waals surface area contributed by atoms with E-state index in [0.29, 0.717) is 17.7 Å². The van der Waals surface area contributed by atoms with E-state index in [2.05, 4.69) is 52.4 Å². The Bertz CT molecular complexity index is 1740. The van der Waals surface area contributed by atoms with E-state index >= 15 is 0 Å². The summed E-state index contributed by atoms with van der Waals surface area (Å²) in [6.45, 7) is 6.49. The van der Waals surface area contributed by atoms with Crippen molar-refractivity contribution < 1.29 is 8.42 Å². The summed E-state index contributed by atoms with van der Waals surface area (Å²) in [7, 11) is -1.65.